The van der Waals surface area contributed by atoms with Gasteiger partial charge in [-0.25, -0.2) is 8.42 Å². The summed E-state index contributed by atoms with van der Waals surface area (Å²) in [4.78, 5) is 0.0825. The van der Waals surface area contributed by atoms with Crippen LogP contribution in [0.15, 0.2) is 23.1 Å². The molecule has 1 aliphatic rings. The van der Waals surface area contributed by atoms with Gasteiger partial charge in [0.2, 0.25) is 10.0 Å². The Labute approximate surface area is 119 Å². The highest BCUT2D eigenvalue weighted by atomic mass is 35.5. The van der Waals surface area contributed by atoms with Gasteiger partial charge in [-0.2, -0.15) is 9.57 Å². The normalized spacial score (nSPS) is 19.7. The Morgan fingerprint density at radius 3 is 2.68 bits per heavy atom. The van der Waals surface area contributed by atoms with Crippen LogP contribution in [0.4, 0.5) is 0 Å². The number of benzene rings is 1. The number of hydrogen-bond donors (Lipinski definition) is 1. The summed E-state index contributed by atoms with van der Waals surface area (Å²) in [7, 11) is -3.61. The quantitative estimate of drug-likeness (QED) is 0.883. The van der Waals surface area contributed by atoms with Crippen LogP contribution < -0.4 is 5.73 Å². The van der Waals surface area contributed by atoms with E-state index in [1.165, 1.54) is 10.4 Å². The van der Waals surface area contributed by atoms with Crippen LogP contribution in [-0.4, -0.2) is 31.9 Å². The fraction of sp³-hybridized carbons (Fsp3) is 0.417. The number of sulfonamides is 1. The molecule has 1 aromatic carbocycles. The van der Waals surface area contributed by atoms with E-state index in [2.05, 4.69) is 0 Å². The number of nitrogens with two attached hydrogens (primary N) is 1. The minimum absolute atomic E-state index is 0. The first-order valence-corrected chi connectivity index (χ1v) is 7.16. The highest BCUT2D eigenvalue weighted by Gasteiger charge is 2.32. The Bertz CT molecular complexity index is 610. The molecule has 1 saturated heterocycles. The van der Waals surface area contributed by atoms with Crippen molar-refractivity contribution < 1.29 is 8.42 Å². The third-order valence-electron chi connectivity index (χ3n) is 3.15. The second-order valence-electron chi connectivity index (χ2n) is 4.47. The highest BCUT2D eigenvalue weighted by Crippen LogP contribution is 2.24. The van der Waals surface area contributed by atoms with E-state index in [4.69, 9.17) is 11.0 Å². The molecule has 104 valence electrons. The first kappa shape index (κ1) is 15.9. The van der Waals surface area contributed by atoms with Crippen molar-refractivity contribution in [3.63, 3.8) is 0 Å². The number of aryl methyl sites for hydroxylation is 1. The van der Waals surface area contributed by atoms with Crippen LogP contribution in [0, 0.1) is 18.3 Å². The molecular weight excluding hydrogens is 286 g/mol. The van der Waals surface area contributed by atoms with E-state index in [0.717, 1.165) is 0 Å². The zero-order chi connectivity index (χ0) is 13.3. The van der Waals surface area contributed by atoms with Crippen molar-refractivity contribution in [2.45, 2.75) is 24.3 Å². The fourth-order valence-corrected chi connectivity index (χ4v) is 3.84. The molecule has 7 heteroatoms. The van der Waals surface area contributed by atoms with E-state index >= 15 is 0 Å². The Hall–Kier alpha value is -1.13. The molecule has 0 saturated carbocycles. The van der Waals surface area contributed by atoms with Gasteiger partial charge in [-0.3, -0.25) is 0 Å². The van der Waals surface area contributed by atoms with E-state index < -0.39 is 10.0 Å². The SMILES string of the molecule is Cc1cccc(S(=O)(=O)N2CC[C@@H](N)C2)c1C#N.Cl. The monoisotopic (exact) mass is 301 g/mol. The maximum absolute atomic E-state index is 12.4. The predicted molar refractivity (Wildman–Crippen MR) is 74.5 cm³/mol. The lowest BCUT2D eigenvalue weighted by Crippen LogP contribution is -2.32. The lowest BCUT2D eigenvalue weighted by atomic mass is 10.1. The Morgan fingerprint density at radius 1 is 1.47 bits per heavy atom. The second-order valence-corrected chi connectivity index (χ2v) is 6.38. The van der Waals surface area contributed by atoms with Crippen molar-refractivity contribution in [1.82, 2.24) is 4.31 Å². The van der Waals surface area contributed by atoms with Crippen molar-refractivity contribution in [3.8, 4) is 6.07 Å². The lowest BCUT2D eigenvalue weighted by Gasteiger charge is -2.17. The molecule has 0 aliphatic carbocycles. The van der Waals surface area contributed by atoms with Crippen LogP contribution >= 0.6 is 12.4 Å². The molecule has 1 aromatic rings. The van der Waals surface area contributed by atoms with Gasteiger partial charge in [0.1, 0.15) is 11.0 Å². The zero-order valence-corrected chi connectivity index (χ0v) is 12.2. The first-order chi connectivity index (χ1) is 8.46. The van der Waals surface area contributed by atoms with E-state index in [9.17, 15) is 8.42 Å². The summed E-state index contributed by atoms with van der Waals surface area (Å²) >= 11 is 0. The molecule has 1 atom stereocenters. The zero-order valence-electron chi connectivity index (χ0n) is 10.5. The van der Waals surface area contributed by atoms with Crippen molar-refractivity contribution in [2.75, 3.05) is 13.1 Å². The fourth-order valence-electron chi connectivity index (χ4n) is 2.11. The van der Waals surface area contributed by atoms with Crippen molar-refractivity contribution in [1.29, 1.82) is 5.26 Å². The van der Waals surface area contributed by atoms with E-state index in [-0.39, 0.29) is 28.9 Å². The maximum atomic E-state index is 12.4. The maximum Gasteiger partial charge on any atom is 0.244 e. The molecule has 0 aromatic heterocycles. The largest absolute Gasteiger partial charge is 0.326 e. The molecule has 2 rings (SSSR count). The topological polar surface area (TPSA) is 87.2 Å². The standard InChI is InChI=1S/C12H15N3O2S.ClH/c1-9-3-2-4-12(11(9)7-13)18(16,17)15-6-5-10(14)8-15;/h2-4,10H,5-6,8,14H2,1H3;1H/t10-;/m1./s1. The average molecular weight is 302 g/mol. The van der Waals surface area contributed by atoms with Crippen LogP contribution in [-0.2, 0) is 10.0 Å². The summed E-state index contributed by atoms with van der Waals surface area (Å²) in [6.45, 7) is 2.47. The van der Waals surface area contributed by atoms with Gasteiger partial charge in [0.25, 0.3) is 0 Å². The molecule has 0 amide bonds. The van der Waals surface area contributed by atoms with Crippen LogP contribution in [0.2, 0.25) is 0 Å². The summed E-state index contributed by atoms with van der Waals surface area (Å²) in [5.41, 5.74) is 6.62. The van der Waals surface area contributed by atoms with Crippen molar-refractivity contribution >= 4 is 22.4 Å². The number of hydrogen-bond acceptors (Lipinski definition) is 4. The number of nitrogens with zero attached hydrogens (tertiary/aromatic N) is 2. The van der Waals surface area contributed by atoms with Crippen LogP contribution in [0.3, 0.4) is 0 Å². The van der Waals surface area contributed by atoms with E-state index in [1.807, 2.05) is 6.07 Å². The van der Waals surface area contributed by atoms with Gasteiger partial charge in [0.15, 0.2) is 0 Å². The first-order valence-electron chi connectivity index (χ1n) is 5.72. The van der Waals surface area contributed by atoms with Crippen molar-refractivity contribution in [2.24, 2.45) is 5.73 Å². The van der Waals surface area contributed by atoms with Crippen molar-refractivity contribution in [3.05, 3.63) is 29.3 Å². The van der Waals surface area contributed by atoms with Crippen LogP contribution in [0.5, 0.6) is 0 Å². The summed E-state index contributed by atoms with van der Waals surface area (Å²) < 4.78 is 26.2. The minimum atomic E-state index is -3.61. The third-order valence-corrected chi connectivity index (χ3v) is 5.06. The van der Waals surface area contributed by atoms with Gasteiger partial charge in [-0.1, -0.05) is 12.1 Å². The van der Waals surface area contributed by atoms with Gasteiger partial charge in [-0.05, 0) is 25.0 Å². The molecule has 1 aliphatic heterocycles. The number of nitriles is 1. The molecule has 1 heterocycles. The molecule has 1 fully saturated rings. The van der Waals surface area contributed by atoms with Crippen LogP contribution in [0.25, 0.3) is 0 Å². The van der Waals surface area contributed by atoms with E-state index in [0.29, 0.717) is 25.1 Å². The second kappa shape index (κ2) is 5.88. The Balaban J connectivity index is 0.00000180. The number of rotatable bonds is 2. The summed E-state index contributed by atoms with van der Waals surface area (Å²) in [6.07, 6.45) is 0.660. The Kier molecular flexibility index (Phi) is 4.93. The lowest BCUT2D eigenvalue weighted by molar-refractivity contribution is 0.472. The van der Waals surface area contributed by atoms with Gasteiger partial charge in [-0.15, -0.1) is 12.4 Å². The molecule has 2 N–H and O–H groups in total. The van der Waals surface area contributed by atoms with Gasteiger partial charge < -0.3 is 5.73 Å². The molecule has 0 bridgehead atoms. The molecule has 0 unspecified atom stereocenters. The molecule has 0 radical (unpaired) electrons. The highest BCUT2D eigenvalue weighted by molar-refractivity contribution is 7.89. The van der Waals surface area contributed by atoms with Gasteiger partial charge in [0.05, 0.1) is 5.56 Å². The number of halogens is 1. The summed E-state index contributed by atoms with van der Waals surface area (Å²) in [6, 6.07) is 6.71. The van der Waals surface area contributed by atoms with Gasteiger partial charge >= 0.3 is 0 Å². The van der Waals surface area contributed by atoms with E-state index in [1.54, 1.807) is 19.1 Å². The summed E-state index contributed by atoms with van der Waals surface area (Å²) in [5.74, 6) is 0. The summed E-state index contributed by atoms with van der Waals surface area (Å²) in [5, 5.41) is 9.10. The molecule has 0 spiro atoms. The Morgan fingerprint density at radius 2 is 2.16 bits per heavy atom. The molecule has 5 nitrogen and oxygen atoms in total. The predicted octanol–water partition coefficient (Wildman–Crippen LogP) is 1.01. The molecule has 19 heavy (non-hydrogen) atoms. The minimum Gasteiger partial charge on any atom is -0.326 e. The smallest absolute Gasteiger partial charge is 0.244 e. The van der Waals surface area contributed by atoms with Gasteiger partial charge in [0, 0.05) is 19.1 Å². The van der Waals surface area contributed by atoms with Crippen LogP contribution in [0.1, 0.15) is 17.5 Å². The third kappa shape index (κ3) is 2.90. The molecular formula is C12H16ClN3O2S. The average Bonchev–Trinajstić information content (AvgIpc) is 2.76.